The lowest BCUT2D eigenvalue weighted by Gasteiger charge is -2.42. The number of methoxy groups -OCH3 is 1. The van der Waals surface area contributed by atoms with E-state index in [9.17, 15) is 9.18 Å². The Morgan fingerprint density at radius 3 is 2.26 bits per heavy atom. The quantitative estimate of drug-likeness (QED) is 0.428. The Balaban J connectivity index is 1.52. The predicted molar refractivity (Wildman–Crippen MR) is 132 cm³/mol. The number of aromatic nitrogens is 2. The molecule has 0 N–H and O–H groups in total. The maximum atomic E-state index is 14.6. The lowest BCUT2D eigenvalue weighted by molar-refractivity contribution is -0.138. The van der Waals surface area contributed by atoms with Gasteiger partial charge in [-0.25, -0.2) is 9.37 Å². The van der Waals surface area contributed by atoms with Gasteiger partial charge in [-0.05, 0) is 56.0 Å². The van der Waals surface area contributed by atoms with Gasteiger partial charge in [-0.1, -0.05) is 50.7 Å². The number of hydrogen-bond acceptors (Lipinski definition) is 3. The summed E-state index contributed by atoms with van der Waals surface area (Å²) >= 11 is 0. The molecule has 5 nitrogen and oxygen atoms in total. The van der Waals surface area contributed by atoms with Gasteiger partial charge in [0.15, 0.2) is 11.6 Å². The predicted octanol–water partition coefficient (Wildman–Crippen LogP) is 6.35. The smallest absolute Gasteiger partial charge is 0.243 e. The third-order valence-electron chi connectivity index (χ3n) is 7.58. The van der Waals surface area contributed by atoms with Crippen molar-refractivity contribution in [2.45, 2.75) is 82.8 Å². The van der Waals surface area contributed by atoms with Crippen molar-refractivity contribution < 1.29 is 13.9 Å². The second kappa shape index (κ2) is 10.2. The van der Waals surface area contributed by atoms with Gasteiger partial charge in [0, 0.05) is 17.6 Å². The fraction of sp³-hybridized carbons (Fsp3) is 0.500. The average Bonchev–Trinajstić information content (AvgIpc) is 3.24. The number of rotatable bonds is 6. The first-order valence-electron chi connectivity index (χ1n) is 12.8. The third kappa shape index (κ3) is 4.55. The molecule has 2 aromatic carbocycles. The highest BCUT2D eigenvalue weighted by molar-refractivity contribution is 5.85. The molecule has 6 heteroatoms. The largest absolute Gasteiger partial charge is 0.494 e. The normalized spacial score (nSPS) is 17.7. The Morgan fingerprint density at radius 1 is 1.00 bits per heavy atom. The molecule has 0 spiro atoms. The molecular formula is C28H34FN3O2. The monoisotopic (exact) mass is 463 g/mol. The van der Waals surface area contributed by atoms with Gasteiger partial charge >= 0.3 is 0 Å². The number of ether oxygens (including phenoxy) is 1. The van der Waals surface area contributed by atoms with Gasteiger partial charge in [0.2, 0.25) is 5.91 Å². The minimum atomic E-state index is -0.434. The van der Waals surface area contributed by atoms with Crippen molar-refractivity contribution in [3.05, 3.63) is 48.3 Å². The molecule has 1 aromatic heterocycles. The maximum Gasteiger partial charge on any atom is 0.243 e. The Morgan fingerprint density at radius 2 is 1.65 bits per heavy atom. The van der Waals surface area contributed by atoms with Crippen molar-refractivity contribution in [3.8, 4) is 17.1 Å². The second-order valence-electron chi connectivity index (χ2n) is 9.74. The summed E-state index contributed by atoms with van der Waals surface area (Å²) in [5, 5.41) is 0. The maximum absolute atomic E-state index is 14.6. The Kier molecular flexibility index (Phi) is 6.84. The molecule has 0 atom stereocenters. The highest BCUT2D eigenvalue weighted by atomic mass is 19.1. The van der Waals surface area contributed by atoms with E-state index >= 15 is 0 Å². The molecule has 0 unspecified atom stereocenters. The lowest BCUT2D eigenvalue weighted by atomic mass is 9.88. The van der Waals surface area contributed by atoms with Crippen molar-refractivity contribution in [1.82, 2.24) is 14.5 Å². The molecule has 2 aliphatic carbocycles. The molecule has 0 aliphatic heterocycles. The number of carbonyl (C=O) groups is 1. The molecule has 1 heterocycles. The van der Waals surface area contributed by atoms with E-state index in [1.165, 1.54) is 51.7 Å². The van der Waals surface area contributed by atoms with E-state index in [0.717, 1.165) is 36.7 Å². The van der Waals surface area contributed by atoms with E-state index in [2.05, 4.69) is 4.90 Å². The van der Waals surface area contributed by atoms with Gasteiger partial charge in [0.1, 0.15) is 12.4 Å². The summed E-state index contributed by atoms with van der Waals surface area (Å²) in [6.07, 6.45) is 11.7. The van der Waals surface area contributed by atoms with E-state index < -0.39 is 5.82 Å². The van der Waals surface area contributed by atoms with Crippen LogP contribution in [0.15, 0.2) is 42.5 Å². The van der Waals surface area contributed by atoms with Crippen LogP contribution in [0.25, 0.3) is 22.4 Å². The zero-order valence-electron chi connectivity index (χ0n) is 20.0. The van der Waals surface area contributed by atoms with Crippen LogP contribution >= 0.6 is 0 Å². The molecule has 2 saturated carbocycles. The molecule has 34 heavy (non-hydrogen) atoms. The van der Waals surface area contributed by atoms with Crippen LogP contribution in [0.4, 0.5) is 4.39 Å². The minimum Gasteiger partial charge on any atom is -0.494 e. The van der Waals surface area contributed by atoms with Crippen LogP contribution < -0.4 is 4.74 Å². The van der Waals surface area contributed by atoms with Crippen LogP contribution in [0.1, 0.15) is 64.2 Å². The van der Waals surface area contributed by atoms with E-state index in [-0.39, 0.29) is 18.2 Å². The second-order valence-corrected chi connectivity index (χ2v) is 9.74. The first kappa shape index (κ1) is 22.9. The summed E-state index contributed by atoms with van der Waals surface area (Å²) < 4.78 is 21.6. The van der Waals surface area contributed by atoms with Crippen LogP contribution in [0.2, 0.25) is 0 Å². The number of carbonyl (C=O) groups excluding carboxylic acids is 1. The van der Waals surface area contributed by atoms with Gasteiger partial charge in [-0.2, -0.15) is 0 Å². The molecule has 1 amide bonds. The molecule has 2 aliphatic rings. The molecule has 2 fully saturated rings. The van der Waals surface area contributed by atoms with Crippen molar-refractivity contribution >= 4 is 16.9 Å². The van der Waals surface area contributed by atoms with Gasteiger partial charge in [-0.15, -0.1) is 0 Å². The van der Waals surface area contributed by atoms with E-state index in [1.807, 2.05) is 34.9 Å². The van der Waals surface area contributed by atoms with Crippen molar-refractivity contribution in [2.24, 2.45) is 0 Å². The topological polar surface area (TPSA) is 47.4 Å². The molecule has 180 valence electrons. The van der Waals surface area contributed by atoms with Gasteiger partial charge in [0.05, 0.1) is 18.1 Å². The zero-order chi connectivity index (χ0) is 23.5. The molecule has 0 radical (unpaired) electrons. The Labute approximate surface area is 200 Å². The van der Waals surface area contributed by atoms with Gasteiger partial charge < -0.3 is 14.2 Å². The Bertz CT molecular complexity index is 1130. The van der Waals surface area contributed by atoms with Crippen LogP contribution in [-0.4, -0.2) is 39.6 Å². The van der Waals surface area contributed by atoms with Crippen molar-refractivity contribution in [1.29, 1.82) is 0 Å². The first-order chi connectivity index (χ1) is 16.7. The summed E-state index contributed by atoms with van der Waals surface area (Å²) in [4.78, 5) is 21.0. The summed E-state index contributed by atoms with van der Waals surface area (Å²) in [5.41, 5.74) is 2.35. The molecule has 0 saturated heterocycles. The number of halogens is 1. The van der Waals surface area contributed by atoms with Crippen molar-refractivity contribution in [2.75, 3.05) is 7.11 Å². The number of fused-ring (bicyclic) bond motifs is 1. The van der Waals surface area contributed by atoms with E-state index in [0.29, 0.717) is 23.5 Å². The molecule has 3 aromatic rings. The number of benzene rings is 2. The molecule has 0 bridgehead atoms. The van der Waals surface area contributed by atoms with E-state index in [4.69, 9.17) is 9.72 Å². The molecule has 5 rings (SSSR count). The average molecular weight is 464 g/mol. The van der Waals surface area contributed by atoms with Gasteiger partial charge in [0.25, 0.3) is 0 Å². The highest BCUT2D eigenvalue weighted by Crippen LogP contribution is 2.32. The van der Waals surface area contributed by atoms with Crippen LogP contribution in [0.3, 0.4) is 0 Å². The van der Waals surface area contributed by atoms with Gasteiger partial charge in [-0.3, -0.25) is 4.79 Å². The summed E-state index contributed by atoms with van der Waals surface area (Å²) in [5.74, 6) is 0.541. The fourth-order valence-electron chi connectivity index (χ4n) is 5.90. The number of hydrogen-bond donors (Lipinski definition) is 0. The zero-order valence-corrected chi connectivity index (χ0v) is 20.0. The lowest BCUT2D eigenvalue weighted by Crippen LogP contribution is -2.50. The Hall–Kier alpha value is -2.89. The standard InChI is InChI=1S/C28H34FN3O2/c1-34-26-17-16-20(18-23(26)29)28-30-24-14-8-9-15-25(24)31(28)19-27(33)32(21-10-4-2-5-11-21)22-12-6-3-7-13-22/h8-9,14-18,21-22H,2-7,10-13,19H2,1H3. The first-order valence-corrected chi connectivity index (χ1v) is 12.8. The highest BCUT2D eigenvalue weighted by Gasteiger charge is 2.33. The summed E-state index contributed by atoms with van der Waals surface area (Å²) in [6.45, 7) is 0.219. The fourth-order valence-corrected chi connectivity index (χ4v) is 5.90. The SMILES string of the molecule is COc1ccc(-c2nc3ccccc3n2CC(=O)N(C2CCCCC2)C2CCCCC2)cc1F. The van der Waals surface area contributed by atoms with E-state index in [1.54, 1.807) is 6.07 Å². The van der Waals surface area contributed by atoms with Crippen LogP contribution in [0, 0.1) is 5.82 Å². The number of nitrogens with zero attached hydrogens (tertiary/aromatic N) is 3. The van der Waals surface area contributed by atoms with Crippen LogP contribution in [-0.2, 0) is 11.3 Å². The summed E-state index contributed by atoms with van der Waals surface area (Å²) in [7, 11) is 1.46. The van der Waals surface area contributed by atoms with Crippen LogP contribution in [0.5, 0.6) is 5.75 Å². The summed E-state index contributed by atoms with van der Waals surface area (Å²) in [6, 6.07) is 13.4. The minimum absolute atomic E-state index is 0.164. The number of imidazole rings is 1. The third-order valence-corrected chi connectivity index (χ3v) is 7.58. The number of para-hydroxylation sites is 2. The number of amides is 1. The molecular weight excluding hydrogens is 429 g/mol. The van der Waals surface area contributed by atoms with Crippen molar-refractivity contribution in [3.63, 3.8) is 0 Å².